The second-order valence-corrected chi connectivity index (χ2v) is 4.14. The third-order valence-electron chi connectivity index (χ3n) is 1.49. The van der Waals surface area contributed by atoms with Gasteiger partial charge in [0.2, 0.25) is 5.91 Å². The molecule has 70 valence electrons. The Hall–Kier alpha value is -0.250. The zero-order valence-corrected chi connectivity index (χ0v) is 9.53. The summed E-state index contributed by atoms with van der Waals surface area (Å²) in [5, 5.41) is -0.324. The summed E-state index contributed by atoms with van der Waals surface area (Å²) in [7, 11) is 0. The number of carbonyl (C=O) groups is 1. The second kappa shape index (κ2) is 4.31. The van der Waals surface area contributed by atoms with E-state index >= 15 is 0 Å². The van der Waals surface area contributed by atoms with Crippen molar-refractivity contribution in [2.24, 2.45) is 5.73 Å². The van der Waals surface area contributed by atoms with Gasteiger partial charge >= 0.3 is 0 Å². The molecule has 0 aromatic heterocycles. The molecule has 0 radical (unpaired) electrons. The molecule has 5 heteroatoms. The van der Waals surface area contributed by atoms with Gasteiger partial charge in [-0.15, -0.1) is 11.6 Å². The Morgan fingerprint density at radius 1 is 1.54 bits per heavy atom. The van der Waals surface area contributed by atoms with Crippen LogP contribution >= 0.6 is 39.1 Å². The maximum atomic E-state index is 10.7. The van der Waals surface area contributed by atoms with Gasteiger partial charge in [-0.25, -0.2) is 0 Å². The summed E-state index contributed by atoms with van der Waals surface area (Å²) in [5.41, 5.74) is 5.63. The Morgan fingerprint density at radius 2 is 2.15 bits per heavy atom. The summed E-state index contributed by atoms with van der Waals surface area (Å²) in [6.45, 7) is 0. The number of alkyl halides is 1. The molecule has 0 heterocycles. The molecular formula is C8H6BrCl2NO. The predicted octanol–water partition coefficient (Wildman–Crippen LogP) is 2.87. The molecule has 0 saturated heterocycles. The van der Waals surface area contributed by atoms with Crippen LogP contribution in [0.25, 0.3) is 0 Å². The number of halogens is 3. The fourth-order valence-corrected chi connectivity index (χ4v) is 1.41. The maximum absolute atomic E-state index is 10.7. The van der Waals surface area contributed by atoms with E-state index in [1.807, 2.05) is 0 Å². The highest BCUT2D eigenvalue weighted by molar-refractivity contribution is 9.10. The van der Waals surface area contributed by atoms with E-state index in [9.17, 15) is 4.79 Å². The Labute approximate surface area is 94.1 Å². The third-order valence-corrected chi connectivity index (χ3v) is 3.19. The zero-order chi connectivity index (χ0) is 10.0. The molecular weight excluding hydrogens is 277 g/mol. The van der Waals surface area contributed by atoms with E-state index in [2.05, 4.69) is 15.9 Å². The number of carbonyl (C=O) groups excluding carboxylic acids is 1. The van der Waals surface area contributed by atoms with Crippen LogP contribution in [-0.2, 0) is 4.79 Å². The van der Waals surface area contributed by atoms with Gasteiger partial charge in [-0.05, 0) is 33.6 Å². The molecule has 0 bridgehead atoms. The number of benzene rings is 1. The first-order valence-electron chi connectivity index (χ1n) is 3.40. The van der Waals surface area contributed by atoms with Gasteiger partial charge in [0.15, 0.2) is 0 Å². The summed E-state index contributed by atoms with van der Waals surface area (Å²) in [5.74, 6) is -0.583. The quantitative estimate of drug-likeness (QED) is 0.833. The lowest BCUT2D eigenvalue weighted by Crippen LogP contribution is -2.16. The van der Waals surface area contributed by atoms with Gasteiger partial charge in [0.25, 0.3) is 0 Å². The monoisotopic (exact) mass is 281 g/mol. The molecule has 1 atom stereocenters. The average molecular weight is 283 g/mol. The normalized spacial score (nSPS) is 12.5. The van der Waals surface area contributed by atoms with Crippen LogP contribution in [0.5, 0.6) is 0 Å². The molecule has 1 amide bonds. The van der Waals surface area contributed by atoms with Crippen LogP contribution in [0, 0.1) is 0 Å². The van der Waals surface area contributed by atoms with Gasteiger partial charge in [0, 0.05) is 4.47 Å². The SMILES string of the molecule is NC(=O)C(Cl)c1ccc(Br)c(Cl)c1. The Kier molecular flexibility index (Phi) is 3.59. The lowest BCUT2D eigenvalue weighted by atomic mass is 10.1. The van der Waals surface area contributed by atoms with E-state index in [0.29, 0.717) is 10.6 Å². The highest BCUT2D eigenvalue weighted by atomic mass is 79.9. The summed E-state index contributed by atoms with van der Waals surface area (Å²) in [6.07, 6.45) is 0. The van der Waals surface area contributed by atoms with E-state index in [0.717, 1.165) is 4.47 Å². The molecule has 0 saturated carbocycles. The molecule has 0 aliphatic rings. The molecule has 2 nitrogen and oxygen atoms in total. The van der Waals surface area contributed by atoms with Gasteiger partial charge in [-0.3, -0.25) is 4.79 Å². The minimum atomic E-state index is -0.828. The summed E-state index contributed by atoms with van der Waals surface area (Å²) >= 11 is 14.7. The van der Waals surface area contributed by atoms with E-state index in [1.165, 1.54) is 0 Å². The van der Waals surface area contributed by atoms with Crippen molar-refractivity contribution < 1.29 is 4.79 Å². The zero-order valence-electron chi connectivity index (χ0n) is 6.43. The molecule has 1 aromatic rings. The Bertz CT molecular complexity index is 343. The van der Waals surface area contributed by atoms with Crippen molar-refractivity contribution in [3.8, 4) is 0 Å². The van der Waals surface area contributed by atoms with Gasteiger partial charge in [-0.1, -0.05) is 17.7 Å². The highest BCUT2D eigenvalue weighted by Crippen LogP contribution is 2.28. The smallest absolute Gasteiger partial charge is 0.240 e. The molecule has 1 aromatic carbocycles. The van der Waals surface area contributed by atoms with Gasteiger partial charge in [0.05, 0.1) is 5.02 Å². The second-order valence-electron chi connectivity index (χ2n) is 2.44. The van der Waals surface area contributed by atoms with E-state index in [1.54, 1.807) is 18.2 Å². The minimum absolute atomic E-state index is 0.504. The highest BCUT2D eigenvalue weighted by Gasteiger charge is 2.14. The van der Waals surface area contributed by atoms with Crippen molar-refractivity contribution in [3.05, 3.63) is 33.3 Å². The van der Waals surface area contributed by atoms with E-state index in [4.69, 9.17) is 28.9 Å². The van der Waals surface area contributed by atoms with E-state index < -0.39 is 11.3 Å². The molecule has 1 unspecified atom stereocenters. The average Bonchev–Trinajstić information content (AvgIpc) is 2.08. The van der Waals surface area contributed by atoms with Crippen LogP contribution in [0.1, 0.15) is 10.9 Å². The summed E-state index contributed by atoms with van der Waals surface area (Å²) in [6, 6.07) is 5.02. The first-order chi connectivity index (χ1) is 6.02. The van der Waals surface area contributed by atoms with Gasteiger partial charge < -0.3 is 5.73 Å². The summed E-state index contributed by atoms with van der Waals surface area (Å²) < 4.78 is 0.756. The van der Waals surface area contributed by atoms with Crippen molar-refractivity contribution in [2.75, 3.05) is 0 Å². The van der Waals surface area contributed by atoms with Crippen LogP contribution in [0.2, 0.25) is 5.02 Å². The maximum Gasteiger partial charge on any atom is 0.240 e. The first kappa shape index (κ1) is 10.8. The van der Waals surface area contributed by atoms with Crippen molar-refractivity contribution in [1.29, 1.82) is 0 Å². The number of hydrogen-bond donors (Lipinski definition) is 1. The van der Waals surface area contributed by atoms with E-state index in [-0.39, 0.29) is 0 Å². The predicted molar refractivity (Wildman–Crippen MR) is 56.9 cm³/mol. The minimum Gasteiger partial charge on any atom is -0.368 e. The number of nitrogens with two attached hydrogens (primary N) is 1. The topological polar surface area (TPSA) is 43.1 Å². The fourth-order valence-electron chi connectivity index (χ4n) is 0.834. The molecule has 0 fully saturated rings. The summed E-state index contributed by atoms with van der Waals surface area (Å²) in [4.78, 5) is 10.7. The molecule has 0 spiro atoms. The fraction of sp³-hybridized carbons (Fsp3) is 0.125. The van der Waals surface area contributed by atoms with Gasteiger partial charge in [-0.2, -0.15) is 0 Å². The van der Waals surface area contributed by atoms with Crippen LogP contribution in [0.15, 0.2) is 22.7 Å². The van der Waals surface area contributed by atoms with Crippen molar-refractivity contribution in [1.82, 2.24) is 0 Å². The van der Waals surface area contributed by atoms with Crippen LogP contribution in [0.4, 0.5) is 0 Å². The van der Waals surface area contributed by atoms with Crippen molar-refractivity contribution in [2.45, 2.75) is 5.38 Å². The molecule has 0 aliphatic heterocycles. The molecule has 13 heavy (non-hydrogen) atoms. The third kappa shape index (κ3) is 2.59. The lowest BCUT2D eigenvalue weighted by Gasteiger charge is -2.06. The van der Waals surface area contributed by atoms with Crippen LogP contribution in [0.3, 0.4) is 0 Å². The van der Waals surface area contributed by atoms with Crippen LogP contribution in [-0.4, -0.2) is 5.91 Å². The largest absolute Gasteiger partial charge is 0.368 e. The van der Waals surface area contributed by atoms with Crippen molar-refractivity contribution in [3.63, 3.8) is 0 Å². The Morgan fingerprint density at radius 3 is 2.62 bits per heavy atom. The number of primary amides is 1. The van der Waals surface area contributed by atoms with Crippen LogP contribution < -0.4 is 5.73 Å². The number of hydrogen-bond acceptors (Lipinski definition) is 1. The first-order valence-corrected chi connectivity index (χ1v) is 5.01. The molecule has 0 aliphatic carbocycles. The standard InChI is InChI=1S/C8H6BrCl2NO/c9-5-2-1-4(3-6(5)10)7(11)8(12)13/h1-3,7H,(H2,12,13). The molecule has 2 N–H and O–H groups in total. The molecule has 1 rings (SSSR count). The van der Waals surface area contributed by atoms with Crippen molar-refractivity contribution >= 4 is 45.0 Å². The number of rotatable bonds is 2. The number of amides is 1. The lowest BCUT2D eigenvalue weighted by molar-refractivity contribution is -0.117. The Balaban J connectivity index is 3.03. The van der Waals surface area contributed by atoms with Gasteiger partial charge in [0.1, 0.15) is 5.38 Å².